The van der Waals surface area contributed by atoms with Crippen molar-refractivity contribution >= 4 is 5.91 Å². The second kappa shape index (κ2) is 5.91. The number of benzene rings is 1. The lowest BCUT2D eigenvalue weighted by Crippen LogP contribution is -2.21. The summed E-state index contributed by atoms with van der Waals surface area (Å²) >= 11 is 0. The van der Waals surface area contributed by atoms with Crippen molar-refractivity contribution in [2.24, 2.45) is 7.05 Å². The standard InChI is InChI=1S/C14H13N3O3/c1-3-10-5-4-6-11(14(18)16-19)12(10)9-20-13-7-8-17(2)15-13/h1,4-8,19H,9H2,2H3,(H,16,18). The van der Waals surface area contributed by atoms with Crippen molar-refractivity contribution in [1.29, 1.82) is 0 Å². The number of hydrogen-bond acceptors (Lipinski definition) is 4. The molecule has 0 radical (unpaired) electrons. The van der Waals surface area contributed by atoms with Gasteiger partial charge in [0, 0.05) is 36.0 Å². The monoisotopic (exact) mass is 271 g/mol. The Morgan fingerprint density at radius 1 is 1.55 bits per heavy atom. The summed E-state index contributed by atoms with van der Waals surface area (Å²) in [4.78, 5) is 11.6. The van der Waals surface area contributed by atoms with Crippen molar-refractivity contribution in [3.05, 3.63) is 47.2 Å². The van der Waals surface area contributed by atoms with E-state index in [0.29, 0.717) is 17.0 Å². The SMILES string of the molecule is C#Cc1cccc(C(=O)NO)c1COc1ccn(C)n1. The van der Waals surface area contributed by atoms with Crippen LogP contribution in [0.15, 0.2) is 30.5 Å². The first-order valence-electron chi connectivity index (χ1n) is 5.81. The smallest absolute Gasteiger partial charge is 0.275 e. The number of rotatable bonds is 4. The third-order valence-corrected chi connectivity index (χ3v) is 2.73. The molecule has 1 aromatic carbocycles. The van der Waals surface area contributed by atoms with E-state index in [1.807, 2.05) is 0 Å². The van der Waals surface area contributed by atoms with Gasteiger partial charge >= 0.3 is 0 Å². The summed E-state index contributed by atoms with van der Waals surface area (Å²) in [5.41, 5.74) is 2.91. The third-order valence-electron chi connectivity index (χ3n) is 2.73. The Bertz CT molecular complexity index is 671. The normalized spacial score (nSPS) is 9.85. The molecule has 6 heteroatoms. The van der Waals surface area contributed by atoms with E-state index in [2.05, 4.69) is 11.0 Å². The molecule has 0 aliphatic rings. The fraction of sp³-hybridized carbons (Fsp3) is 0.143. The van der Waals surface area contributed by atoms with Crippen LogP contribution in [0.25, 0.3) is 0 Å². The van der Waals surface area contributed by atoms with Gasteiger partial charge in [-0.25, -0.2) is 5.48 Å². The molecule has 1 amide bonds. The molecule has 0 saturated carbocycles. The van der Waals surface area contributed by atoms with Crippen LogP contribution in [-0.2, 0) is 13.7 Å². The molecule has 2 N–H and O–H groups in total. The highest BCUT2D eigenvalue weighted by molar-refractivity contribution is 5.95. The Morgan fingerprint density at radius 2 is 2.35 bits per heavy atom. The Labute approximate surface area is 115 Å². The van der Waals surface area contributed by atoms with Crippen molar-refractivity contribution in [2.75, 3.05) is 0 Å². The van der Waals surface area contributed by atoms with E-state index >= 15 is 0 Å². The van der Waals surface area contributed by atoms with Gasteiger partial charge in [0.25, 0.3) is 5.91 Å². The number of hydroxylamine groups is 1. The van der Waals surface area contributed by atoms with Crippen molar-refractivity contribution in [3.8, 4) is 18.2 Å². The molecule has 102 valence electrons. The van der Waals surface area contributed by atoms with Crippen LogP contribution >= 0.6 is 0 Å². The molecule has 2 aromatic rings. The molecule has 0 unspecified atom stereocenters. The minimum atomic E-state index is -0.637. The Morgan fingerprint density at radius 3 is 2.95 bits per heavy atom. The molecule has 0 fully saturated rings. The Balaban J connectivity index is 2.29. The molecule has 1 aromatic heterocycles. The number of carbonyl (C=O) groups excluding carboxylic acids is 1. The summed E-state index contributed by atoms with van der Waals surface area (Å²) in [5, 5.41) is 12.8. The number of hydrogen-bond donors (Lipinski definition) is 2. The molecule has 20 heavy (non-hydrogen) atoms. The lowest BCUT2D eigenvalue weighted by molar-refractivity contribution is 0.0703. The lowest BCUT2D eigenvalue weighted by Gasteiger charge is -2.10. The van der Waals surface area contributed by atoms with Crippen LogP contribution in [0.5, 0.6) is 5.88 Å². The summed E-state index contributed by atoms with van der Waals surface area (Å²) in [6.07, 6.45) is 7.15. The first kappa shape index (κ1) is 13.6. The maximum absolute atomic E-state index is 11.6. The van der Waals surface area contributed by atoms with E-state index in [9.17, 15) is 4.79 Å². The maximum Gasteiger partial charge on any atom is 0.275 e. The highest BCUT2D eigenvalue weighted by Crippen LogP contribution is 2.17. The van der Waals surface area contributed by atoms with Gasteiger partial charge in [-0.05, 0) is 12.1 Å². The van der Waals surface area contributed by atoms with Gasteiger partial charge < -0.3 is 4.74 Å². The fourth-order valence-electron chi connectivity index (χ4n) is 1.77. The van der Waals surface area contributed by atoms with E-state index in [1.165, 1.54) is 0 Å². The molecular weight excluding hydrogens is 258 g/mol. The Kier molecular flexibility index (Phi) is 4.03. The van der Waals surface area contributed by atoms with Crippen molar-refractivity contribution in [2.45, 2.75) is 6.61 Å². The highest BCUT2D eigenvalue weighted by atomic mass is 16.5. The van der Waals surface area contributed by atoms with Gasteiger partial charge in [0.05, 0.1) is 0 Å². The van der Waals surface area contributed by atoms with Crippen molar-refractivity contribution in [1.82, 2.24) is 15.3 Å². The predicted molar refractivity (Wildman–Crippen MR) is 71.2 cm³/mol. The molecule has 0 aliphatic carbocycles. The van der Waals surface area contributed by atoms with Gasteiger partial charge in [-0.1, -0.05) is 12.0 Å². The van der Waals surface area contributed by atoms with Crippen LogP contribution < -0.4 is 10.2 Å². The third kappa shape index (κ3) is 2.79. The minimum absolute atomic E-state index is 0.0835. The average molecular weight is 271 g/mol. The molecule has 6 nitrogen and oxygen atoms in total. The van der Waals surface area contributed by atoms with Gasteiger partial charge in [-0.15, -0.1) is 11.5 Å². The van der Waals surface area contributed by atoms with E-state index in [0.717, 1.165) is 0 Å². The van der Waals surface area contributed by atoms with Gasteiger partial charge in [0.15, 0.2) is 0 Å². The zero-order chi connectivity index (χ0) is 14.5. The summed E-state index contributed by atoms with van der Waals surface area (Å²) in [6.45, 7) is 0.0835. The molecule has 0 bridgehead atoms. The maximum atomic E-state index is 11.6. The zero-order valence-electron chi connectivity index (χ0n) is 10.8. The van der Waals surface area contributed by atoms with Crippen LogP contribution in [0.4, 0.5) is 0 Å². The molecule has 0 aliphatic heterocycles. The van der Waals surface area contributed by atoms with Gasteiger partial charge in [0.2, 0.25) is 5.88 Å². The second-order valence-corrected chi connectivity index (χ2v) is 4.03. The van der Waals surface area contributed by atoms with E-state index in [1.54, 1.807) is 47.7 Å². The zero-order valence-corrected chi connectivity index (χ0v) is 10.8. The van der Waals surface area contributed by atoms with Gasteiger partial charge in [0.1, 0.15) is 6.61 Å². The molecule has 2 rings (SSSR count). The predicted octanol–water partition coefficient (Wildman–Crippen LogP) is 1.10. The number of nitrogens with one attached hydrogen (secondary N) is 1. The highest BCUT2D eigenvalue weighted by Gasteiger charge is 2.14. The van der Waals surface area contributed by atoms with Crippen LogP contribution in [0.3, 0.4) is 0 Å². The summed E-state index contributed by atoms with van der Waals surface area (Å²) < 4.78 is 7.10. The van der Waals surface area contributed by atoms with Gasteiger partial charge in [-0.3, -0.25) is 14.7 Å². The molecule has 0 spiro atoms. The summed E-state index contributed by atoms with van der Waals surface area (Å²) in [5.74, 6) is 2.28. The number of aromatic nitrogens is 2. The summed E-state index contributed by atoms with van der Waals surface area (Å²) in [6, 6.07) is 6.60. The Hall–Kier alpha value is -2.78. The number of ether oxygens (including phenoxy) is 1. The van der Waals surface area contributed by atoms with Crippen molar-refractivity contribution in [3.63, 3.8) is 0 Å². The second-order valence-electron chi connectivity index (χ2n) is 4.03. The first-order valence-corrected chi connectivity index (χ1v) is 5.81. The average Bonchev–Trinajstić information content (AvgIpc) is 2.89. The molecule has 1 heterocycles. The number of aryl methyl sites for hydroxylation is 1. The first-order chi connectivity index (χ1) is 9.65. The van der Waals surface area contributed by atoms with Crippen LogP contribution in [0, 0.1) is 12.3 Å². The summed E-state index contributed by atoms with van der Waals surface area (Å²) in [7, 11) is 1.77. The minimum Gasteiger partial charge on any atom is -0.472 e. The van der Waals surface area contributed by atoms with E-state index in [4.69, 9.17) is 16.4 Å². The topological polar surface area (TPSA) is 76.4 Å². The quantitative estimate of drug-likeness (QED) is 0.496. The number of amides is 1. The largest absolute Gasteiger partial charge is 0.472 e. The molecule has 0 atom stereocenters. The van der Waals surface area contributed by atoms with Crippen LogP contribution in [0.2, 0.25) is 0 Å². The molecule has 0 saturated heterocycles. The van der Waals surface area contributed by atoms with E-state index in [-0.39, 0.29) is 12.2 Å². The number of terminal acetylenes is 1. The van der Waals surface area contributed by atoms with E-state index < -0.39 is 5.91 Å². The van der Waals surface area contributed by atoms with Crippen LogP contribution in [0.1, 0.15) is 21.5 Å². The molecular formula is C14H13N3O3. The lowest BCUT2D eigenvalue weighted by atomic mass is 10.0. The number of carbonyl (C=O) groups is 1. The fourth-order valence-corrected chi connectivity index (χ4v) is 1.77. The number of nitrogens with zero attached hydrogens (tertiary/aromatic N) is 2. The van der Waals surface area contributed by atoms with Crippen LogP contribution in [-0.4, -0.2) is 20.9 Å². The van der Waals surface area contributed by atoms with Crippen molar-refractivity contribution < 1.29 is 14.7 Å². The van der Waals surface area contributed by atoms with Gasteiger partial charge in [-0.2, -0.15) is 0 Å².